The van der Waals surface area contributed by atoms with Crippen LogP contribution in [0.3, 0.4) is 0 Å². The summed E-state index contributed by atoms with van der Waals surface area (Å²) >= 11 is 0. The van der Waals surface area contributed by atoms with Crippen LogP contribution in [0.25, 0.3) is 11.0 Å². The fourth-order valence-electron chi connectivity index (χ4n) is 3.68. The van der Waals surface area contributed by atoms with Gasteiger partial charge in [-0.25, -0.2) is 4.98 Å². The Morgan fingerprint density at radius 2 is 2.14 bits per heavy atom. The first-order chi connectivity index (χ1) is 13.8. The number of likely N-dealkylation sites (tertiary alicyclic amines) is 1. The third-order valence-electron chi connectivity index (χ3n) is 5.03. The van der Waals surface area contributed by atoms with E-state index in [0.29, 0.717) is 29.7 Å². The highest BCUT2D eigenvalue weighted by molar-refractivity contribution is 5.97. The Balaban J connectivity index is 1.62. The third-order valence-corrected chi connectivity index (χ3v) is 5.03. The highest BCUT2D eigenvalue weighted by Gasteiger charge is 2.34. The van der Waals surface area contributed by atoms with Crippen LogP contribution >= 0.6 is 0 Å². The summed E-state index contributed by atoms with van der Waals surface area (Å²) in [6.07, 6.45) is -1.54. The number of nitrogens with one attached hydrogen (secondary N) is 1. The van der Waals surface area contributed by atoms with Gasteiger partial charge in [-0.15, -0.1) is 0 Å². The van der Waals surface area contributed by atoms with Gasteiger partial charge >= 0.3 is 6.18 Å². The average Bonchev–Trinajstić information content (AvgIpc) is 3.32. The van der Waals surface area contributed by atoms with Gasteiger partial charge in [0.1, 0.15) is 5.75 Å². The van der Waals surface area contributed by atoms with E-state index in [0.717, 1.165) is 17.5 Å². The Hall–Kier alpha value is -3.10. The third kappa shape index (κ3) is 3.90. The number of aromatic nitrogens is 3. The van der Waals surface area contributed by atoms with Crippen molar-refractivity contribution in [2.24, 2.45) is 0 Å². The summed E-state index contributed by atoms with van der Waals surface area (Å²) in [6.45, 7) is 0.989. The number of amides is 1. The molecule has 1 N–H and O–H groups in total. The predicted octanol–water partition coefficient (Wildman–Crippen LogP) is 4.18. The highest BCUT2D eigenvalue weighted by Crippen LogP contribution is 2.38. The molecule has 0 aliphatic carbocycles. The molecular weight excluding hydrogens is 385 g/mol. The highest BCUT2D eigenvalue weighted by atomic mass is 19.4. The van der Waals surface area contributed by atoms with E-state index >= 15 is 0 Å². The fraction of sp³-hybridized carbons (Fsp3) is 0.350. The number of aromatic amines is 1. The molecule has 1 amide bonds. The average molecular weight is 404 g/mol. The van der Waals surface area contributed by atoms with Gasteiger partial charge in [0.15, 0.2) is 12.3 Å². The van der Waals surface area contributed by atoms with E-state index in [2.05, 4.69) is 15.2 Å². The number of hydrogen-bond donors (Lipinski definition) is 1. The van der Waals surface area contributed by atoms with Crippen LogP contribution < -0.4 is 4.74 Å². The lowest BCUT2D eigenvalue weighted by Gasteiger charge is -2.27. The Kier molecular flexibility index (Phi) is 4.89. The zero-order chi connectivity index (χ0) is 20.6. The van der Waals surface area contributed by atoms with Crippen molar-refractivity contribution in [3.8, 4) is 5.75 Å². The molecule has 0 radical (unpaired) electrons. The Bertz CT molecular complexity index is 1050. The van der Waals surface area contributed by atoms with Gasteiger partial charge in [-0.3, -0.25) is 9.89 Å². The molecule has 1 fully saturated rings. The van der Waals surface area contributed by atoms with Crippen LogP contribution in [0, 0.1) is 6.92 Å². The zero-order valence-electron chi connectivity index (χ0n) is 15.7. The Morgan fingerprint density at radius 1 is 1.34 bits per heavy atom. The summed E-state index contributed by atoms with van der Waals surface area (Å²) in [5, 5.41) is 7.66. The van der Waals surface area contributed by atoms with E-state index in [9.17, 15) is 18.0 Å². The quantitative estimate of drug-likeness (QED) is 0.708. The van der Waals surface area contributed by atoms with Gasteiger partial charge in [-0.1, -0.05) is 18.2 Å². The Morgan fingerprint density at radius 3 is 2.93 bits per heavy atom. The number of carbonyl (C=O) groups excluding carboxylic acids is 1. The van der Waals surface area contributed by atoms with Gasteiger partial charge < -0.3 is 9.64 Å². The van der Waals surface area contributed by atoms with Gasteiger partial charge in [-0.05, 0) is 31.9 Å². The smallest absolute Gasteiger partial charge is 0.422 e. The monoisotopic (exact) mass is 404 g/mol. The molecule has 3 heterocycles. The van der Waals surface area contributed by atoms with E-state index in [1.54, 1.807) is 29.2 Å². The van der Waals surface area contributed by atoms with Crippen LogP contribution in [-0.4, -0.2) is 45.3 Å². The summed E-state index contributed by atoms with van der Waals surface area (Å²) < 4.78 is 42.8. The number of ether oxygens (including phenoxy) is 1. The van der Waals surface area contributed by atoms with Crippen molar-refractivity contribution in [2.75, 3.05) is 13.2 Å². The van der Waals surface area contributed by atoms with Crippen molar-refractivity contribution in [1.82, 2.24) is 20.1 Å². The lowest BCUT2D eigenvalue weighted by Crippen LogP contribution is -2.31. The normalized spacial score (nSPS) is 17.1. The number of halogens is 3. The largest absolute Gasteiger partial charge is 0.484 e. The summed E-state index contributed by atoms with van der Waals surface area (Å²) in [4.78, 5) is 19.1. The molecule has 0 spiro atoms. The SMILES string of the molecule is Cc1[nH]nc2ncc(C(=O)N3CCCC3c3ccccc3OCC(F)(F)F)cc12. The molecule has 1 aliphatic rings. The van der Waals surface area contributed by atoms with Crippen molar-refractivity contribution in [1.29, 1.82) is 0 Å². The van der Waals surface area contributed by atoms with Gasteiger partial charge in [-0.2, -0.15) is 18.3 Å². The lowest BCUT2D eigenvalue weighted by atomic mass is 10.0. The molecule has 9 heteroatoms. The molecule has 1 saturated heterocycles. The number of alkyl halides is 3. The number of carbonyl (C=O) groups is 1. The van der Waals surface area contributed by atoms with Crippen LogP contribution in [0.5, 0.6) is 5.75 Å². The van der Waals surface area contributed by atoms with Crippen molar-refractivity contribution in [2.45, 2.75) is 32.0 Å². The predicted molar refractivity (Wildman–Crippen MR) is 99.6 cm³/mol. The molecule has 0 bridgehead atoms. The number of aryl methyl sites for hydroxylation is 1. The van der Waals surface area contributed by atoms with Crippen molar-refractivity contribution in [3.05, 3.63) is 53.3 Å². The summed E-state index contributed by atoms with van der Waals surface area (Å²) in [5.74, 6) is -0.0677. The van der Waals surface area contributed by atoms with E-state index in [1.807, 2.05) is 6.92 Å². The van der Waals surface area contributed by atoms with E-state index in [1.165, 1.54) is 12.3 Å². The molecule has 4 rings (SSSR count). The minimum Gasteiger partial charge on any atom is -0.484 e. The summed E-state index contributed by atoms with van der Waals surface area (Å²) in [5.41, 5.74) is 2.34. The van der Waals surface area contributed by atoms with Gasteiger partial charge in [0.05, 0.1) is 11.6 Å². The molecule has 0 saturated carbocycles. The second kappa shape index (κ2) is 7.38. The molecule has 1 atom stereocenters. The van der Waals surface area contributed by atoms with Crippen molar-refractivity contribution >= 4 is 16.9 Å². The number of benzene rings is 1. The maximum Gasteiger partial charge on any atom is 0.422 e. The van der Waals surface area contributed by atoms with Crippen LogP contribution in [-0.2, 0) is 0 Å². The van der Waals surface area contributed by atoms with Gasteiger partial charge in [0, 0.05) is 29.4 Å². The number of hydrogen-bond acceptors (Lipinski definition) is 4. The van der Waals surface area contributed by atoms with Crippen LogP contribution in [0.1, 0.15) is 40.5 Å². The fourth-order valence-corrected chi connectivity index (χ4v) is 3.68. The van der Waals surface area contributed by atoms with Gasteiger partial charge in [0.25, 0.3) is 5.91 Å². The molecule has 1 aliphatic heterocycles. The first kappa shape index (κ1) is 19.2. The van der Waals surface area contributed by atoms with E-state index in [-0.39, 0.29) is 17.7 Å². The maximum atomic E-state index is 13.2. The standard InChI is InChI=1S/C20H19F3N4O2/c1-12-15-9-13(10-24-18(15)26-25-12)19(28)27-8-4-6-16(27)14-5-2-3-7-17(14)29-11-20(21,22)23/h2-3,5,7,9-10,16H,4,6,8,11H2,1H3,(H,24,25,26). The molecule has 6 nitrogen and oxygen atoms in total. The molecule has 3 aromatic rings. The number of nitrogens with zero attached hydrogens (tertiary/aromatic N) is 3. The summed E-state index contributed by atoms with van der Waals surface area (Å²) in [6, 6.07) is 7.96. The number of para-hydroxylation sites is 1. The van der Waals surface area contributed by atoms with Crippen molar-refractivity contribution < 1.29 is 22.7 Å². The molecule has 1 aromatic carbocycles. The molecular formula is C20H19F3N4O2. The lowest BCUT2D eigenvalue weighted by molar-refractivity contribution is -0.153. The first-order valence-corrected chi connectivity index (χ1v) is 9.23. The number of rotatable bonds is 4. The number of fused-ring (bicyclic) bond motifs is 1. The minimum absolute atomic E-state index is 0.147. The second-order valence-electron chi connectivity index (χ2n) is 7.04. The maximum absolute atomic E-state index is 13.2. The van der Waals surface area contributed by atoms with Crippen LogP contribution in [0.4, 0.5) is 13.2 Å². The van der Waals surface area contributed by atoms with E-state index < -0.39 is 12.8 Å². The topological polar surface area (TPSA) is 71.1 Å². The van der Waals surface area contributed by atoms with Crippen LogP contribution in [0.15, 0.2) is 36.5 Å². The molecule has 2 aromatic heterocycles. The Labute approximate surface area is 164 Å². The number of pyridine rings is 1. The second-order valence-corrected chi connectivity index (χ2v) is 7.04. The molecule has 1 unspecified atom stereocenters. The van der Waals surface area contributed by atoms with E-state index in [4.69, 9.17) is 4.74 Å². The zero-order valence-corrected chi connectivity index (χ0v) is 15.7. The van der Waals surface area contributed by atoms with Gasteiger partial charge in [0.2, 0.25) is 0 Å². The number of H-pyrrole nitrogens is 1. The molecule has 152 valence electrons. The first-order valence-electron chi connectivity index (χ1n) is 9.23. The van der Waals surface area contributed by atoms with Crippen LogP contribution in [0.2, 0.25) is 0 Å². The van der Waals surface area contributed by atoms with Crippen molar-refractivity contribution in [3.63, 3.8) is 0 Å². The summed E-state index contributed by atoms with van der Waals surface area (Å²) in [7, 11) is 0. The molecule has 29 heavy (non-hydrogen) atoms. The minimum atomic E-state index is -4.43.